The molecule has 5 heterocycles. The van der Waals surface area contributed by atoms with E-state index in [4.69, 9.17) is 17.3 Å². The minimum Gasteiger partial charge on any atom is -0.379 e. The summed E-state index contributed by atoms with van der Waals surface area (Å²) in [5.74, 6) is 1.05. The zero-order chi connectivity index (χ0) is 43.6. The van der Waals surface area contributed by atoms with Gasteiger partial charge in [-0.05, 0) is 133 Å². The van der Waals surface area contributed by atoms with Crippen molar-refractivity contribution in [1.29, 1.82) is 0 Å². The molecule has 0 amide bonds. The molecular weight excluding hydrogens is 804 g/mol. The number of sulfonamides is 1. The number of nitrogens with one attached hydrogen (secondary N) is 3. The Kier molecular flexibility index (Phi) is 18.8. The second-order valence-electron chi connectivity index (χ2n) is 16.4. The van der Waals surface area contributed by atoms with Crippen molar-refractivity contribution in [3.8, 4) is 0 Å². The Morgan fingerprint density at radius 2 is 1.07 bits per heavy atom. The van der Waals surface area contributed by atoms with Crippen molar-refractivity contribution < 1.29 is 18.0 Å². The van der Waals surface area contributed by atoms with Crippen LogP contribution in [0, 0.1) is 0 Å². The van der Waals surface area contributed by atoms with Gasteiger partial charge in [0.15, 0.2) is 11.6 Å². The van der Waals surface area contributed by atoms with Crippen LogP contribution in [0.2, 0.25) is 0 Å². The van der Waals surface area contributed by atoms with E-state index >= 15 is 0 Å². The van der Waals surface area contributed by atoms with E-state index in [1.54, 1.807) is 28.6 Å². The quantitative estimate of drug-likeness (QED) is 0.148. The Labute approximate surface area is 370 Å². The highest BCUT2D eigenvalue weighted by Gasteiger charge is 2.41. The predicted octanol–water partition coefficient (Wildman–Crippen LogP) is 8.99. The standard InChI is InChI=1S/C20H22N2O3S.C14H18N2O.C7H7Cl.C6H13N.C2H7N/c23-19-10-11-20(21-18-9-5-4-8-17(18)19)12-14-22(15-13-20)26(24,25)16-6-2-1-3-7-16;17-13-5-6-14(7-9-15-10-8-14)16-12-4-2-1-3-11(12)13;8-6-7-4-2-1-3-5-7;1-2-7-5-3-4-6-7;1-2-3/h1-9,21H,10-15H2;1-4,15-16H,5-10H2;1-5H,6H2;2-6H2,1H3;2-3H2,1H3. The number of halogens is 1. The number of anilines is 2. The number of Topliss-reactive ketones (excluding diaryl/α,β-unsaturated/α-hetero) is 2. The fraction of sp³-hybridized carbons (Fsp3) is 0.469. The molecule has 2 spiro atoms. The van der Waals surface area contributed by atoms with Gasteiger partial charge in [-0.1, -0.05) is 86.6 Å². The number of nitrogens with zero attached hydrogens (tertiary/aromatic N) is 2. The molecule has 0 aliphatic carbocycles. The van der Waals surface area contributed by atoms with Crippen molar-refractivity contribution in [3.05, 3.63) is 126 Å². The maximum atomic E-state index is 12.8. The average molecular weight is 872 g/mol. The van der Waals surface area contributed by atoms with Crippen LogP contribution in [0.25, 0.3) is 0 Å². The molecule has 0 atom stereocenters. The Morgan fingerprint density at radius 1 is 0.623 bits per heavy atom. The van der Waals surface area contributed by atoms with Crippen LogP contribution in [0.3, 0.4) is 0 Å². The number of para-hydroxylation sites is 2. The fourth-order valence-corrected chi connectivity index (χ4v) is 10.2. The van der Waals surface area contributed by atoms with E-state index in [1.807, 2.05) is 91.9 Å². The van der Waals surface area contributed by atoms with E-state index in [-0.39, 0.29) is 22.6 Å². The van der Waals surface area contributed by atoms with Gasteiger partial charge in [0.1, 0.15) is 0 Å². The monoisotopic (exact) mass is 870 g/mol. The van der Waals surface area contributed by atoms with Gasteiger partial charge in [-0.15, -0.1) is 11.6 Å². The number of carbonyl (C=O) groups is 2. The van der Waals surface area contributed by atoms with Crippen LogP contribution in [0.4, 0.5) is 11.4 Å². The van der Waals surface area contributed by atoms with Crippen LogP contribution in [0.1, 0.15) is 104 Å². The van der Waals surface area contributed by atoms with Gasteiger partial charge in [-0.2, -0.15) is 4.31 Å². The maximum absolute atomic E-state index is 12.8. The van der Waals surface area contributed by atoms with Crippen LogP contribution in [-0.4, -0.2) is 92.6 Å². The normalized spacial score (nSPS) is 19.1. The zero-order valence-electron chi connectivity index (χ0n) is 36.2. The Hall–Kier alpha value is -4.10. The summed E-state index contributed by atoms with van der Waals surface area (Å²) in [4.78, 5) is 27.3. The Morgan fingerprint density at radius 3 is 1.51 bits per heavy atom. The van der Waals surface area contributed by atoms with Crippen LogP contribution in [0.5, 0.6) is 0 Å². The number of piperidine rings is 2. The molecule has 0 aromatic heterocycles. The Balaban J connectivity index is 0.000000171. The van der Waals surface area contributed by atoms with Crippen LogP contribution >= 0.6 is 11.6 Å². The van der Waals surface area contributed by atoms with Gasteiger partial charge < -0.3 is 26.6 Å². The topological polar surface area (TPSA) is 137 Å². The van der Waals surface area contributed by atoms with Crippen molar-refractivity contribution in [1.82, 2.24) is 14.5 Å². The molecule has 3 saturated heterocycles. The molecule has 10 nitrogen and oxygen atoms in total. The van der Waals surface area contributed by atoms with E-state index in [9.17, 15) is 18.0 Å². The molecule has 12 heteroatoms. The van der Waals surface area contributed by atoms with Gasteiger partial charge in [0.2, 0.25) is 10.0 Å². The first-order valence-corrected chi connectivity index (χ1v) is 24.1. The van der Waals surface area contributed by atoms with Gasteiger partial charge in [-0.3, -0.25) is 9.59 Å². The first-order chi connectivity index (χ1) is 29.6. The minimum atomic E-state index is -3.46. The molecule has 4 aromatic rings. The first-order valence-electron chi connectivity index (χ1n) is 22.2. The van der Waals surface area contributed by atoms with Crippen LogP contribution in [0.15, 0.2) is 114 Å². The van der Waals surface area contributed by atoms with E-state index < -0.39 is 10.0 Å². The maximum Gasteiger partial charge on any atom is 0.243 e. The number of likely N-dealkylation sites (tertiary alicyclic amines) is 1. The van der Waals surface area contributed by atoms with Crippen molar-refractivity contribution in [3.63, 3.8) is 0 Å². The second-order valence-corrected chi connectivity index (χ2v) is 18.6. The predicted molar refractivity (Wildman–Crippen MR) is 251 cm³/mol. The lowest BCUT2D eigenvalue weighted by Crippen LogP contribution is -2.50. The van der Waals surface area contributed by atoms with Gasteiger partial charge in [-0.25, -0.2) is 8.42 Å². The molecule has 330 valence electrons. The van der Waals surface area contributed by atoms with E-state index in [0.29, 0.717) is 49.5 Å². The smallest absolute Gasteiger partial charge is 0.243 e. The number of hydrogen-bond acceptors (Lipinski definition) is 9. The molecule has 3 fully saturated rings. The lowest BCUT2D eigenvalue weighted by Gasteiger charge is -2.42. The SMILES string of the molecule is CCN.CCN1CCCC1.ClCc1ccccc1.O=C1CCC2(CCN(S(=O)(=O)c3ccccc3)CC2)Nc2ccccc21.O=C1CCC2(CCNCC2)Nc2ccccc21. The molecule has 0 bridgehead atoms. The largest absolute Gasteiger partial charge is 0.379 e. The summed E-state index contributed by atoms with van der Waals surface area (Å²) < 4.78 is 27.2. The third kappa shape index (κ3) is 13.7. The number of nitrogens with two attached hydrogens (primary N) is 1. The summed E-state index contributed by atoms with van der Waals surface area (Å²) in [6.45, 7) is 11.8. The molecule has 0 unspecified atom stereocenters. The van der Waals surface area contributed by atoms with Crippen LogP contribution < -0.4 is 21.7 Å². The molecule has 61 heavy (non-hydrogen) atoms. The lowest BCUT2D eigenvalue weighted by molar-refractivity contribution is 0.0965. The number of benzene rings is 4. The molecular formula is C49H67ClN6O4S. The highest BCUT2D eigenvalue weighted by atomic mass is 35.5. The highest BCUT2D eigenvalue weighted by molar-refractivity contribution is 7.89. The van der Waals surface area contributed by atoms with Gasteiger partial charge in [0.25, 0.3) is 0 Å². The molecule has 0 saturated carbocycles. The number of hydrogen-bond donors (Lipinski definition) is 4. The summed E-state index contributed by atoms with van der Waals surface area (Å²) in [5.41, 5.74) is 9.44. The zero-order valence-corrected chi connectivity index (χ0v) is 37.8. The molecule has 5 aliphatic rings. The van der Waals surface area contributed by atoms with E-state index in [2.05, 4.69) is 27.8 Å². The van der Waals surface area contributed by atoms with Crippen molar-refractivity contribution >= 4 is 44.6 Å². The molecule has 4 aromatic carbocycles. The number of carbonyl (C=O) groups excluding carboxylic acids is 2. The summed E-state index contributed by atoms with van der Waals surface area (Å²) in [7, 11) is -3.46. The Bertz CT molecular complexity index is 2050. The second kappa shape index (κ2) is 23.9. The lowest BCUT2D eigenvalue weighted by atomic mass is 9.84. The number of alkyl halides is 1. The molecule has 0 radical (unpaired) electrons. The van der Waals surface area contributed by atoms with E-state index in [0.717, 1.165) is 67.8 Å². The third-order valence-corrected chi connectivity index (χ3v) is 14.4. The number of ketones is 2. The van der Waals surface area contributed by atoms with Crippen molar-refractivity contribution in [2.45, 2.75) is 99.9 Å². The third-order valence-electron chi connectivity index (χ3n) is 12.2. The summed E-state index contributed by atoms with van der Waals surface area (Å²) in [6.07, 6.45) is 9.31. The first kappa shape index (κ1) is 47.9. The molecule has 5 aliphatic heterocycles. The number of rotatable bonds is 4. The average Bonchev–Trinajstić information content (AvgIpc) is 3.75. The highest BCUT2D eigenvalue weighted by Crippen LogP contribution is 2.38. The van der Waals surface area contributed by atoms with Crippen LogP contribution in [-0.2, 0) is 15.9 Å². The van der Waals surface area contributed by atoms with Gasteiger partial charge >= 0.3 is 0 Å². The van der Waals surface area contributed by atoms with Crippen molar-refractivity contribution in [2.24, 2.45) is 5.73 Å². The van der Waals surface area contributed by atoms with Gasteiger partial charge in [0, 0.05) is 65.4 Å². The summed E-state index contributed by atoms with van der Waals surface area (Å²) in [6, 6.07) is 34.0. The number of fused-ring (bicyclic) bond motifs is 2. The fourth-order valence-electron chi connectivity index (χ4n) is 8.56. The summed E-state index contributed by atoms with van der Waals surface area (Å²) >= 11 is 5.53. The van der Waals surface area contributed by atoms with Gasteiger partial charge in [0.05, 0.1) is 4.90 Å². The minimum absolute atomic E-state index is 0.132. The molecule has 5 N–H and O–H groups in total. The molecule has 9 rings (SSSR count). The summed E-state index contributed by atoms with van der Waals surface area (Å²) in [5, 5.41) is 10.6. The van der Waals surface area contributed by atoms with Crippen molar-refractivity contribution in [2.75, 3.05) is 63.0 Å². The van der Waals surface area contributed by atoms with E-state index in [1.165, 1.54) is 38.0 Å².